The molecule has 21 heavy (non-hydrogen) atoms. The van der Waals surface area contributed by atoms with Gasteiger partial charge in [-0.05, 0) is 36.1 Å². The van der Waals surface area contributed by atoms with Crippen LogP contribution in [0.15, 0.2) is 58.2 Å². The fraction of sp³-hybridized carbons (Fsp3) is 0.188. The van der Waals surface area contributed by atoms with Crippen molar-refractivity contribution in [3.63, 3.8) is 0 Å². The molecule has 2 rings (SSSR count). The number of amides is 1. The summed E-state index contributed by atoms with van der Waals surface area (Å²) in [4.78, 5) is 12.8. The second kappa shape index (κ2) is 7.71. The Bertz CT molecular complexity index is 590. The van der Waals surface area contributed by atoms with Crippen LogP contribution in [-0.4, -0.2) is 23.8 Å². The molecule has 1 amide bonds. The first-order chi connectivity index (χ1) is 10.2. The molecule has 1 heterocycles. The number of aliphatic hydroxyl groups excluding tert-OH is 1. The van der Waals surface area contributed by atoms with Crippen LogP contribution in [0.5, 0.6) is 0 Å². The lowest BCUT2D eigenvalue weighted by atomic mass is 10.1. The largest absolute Gasteiger partial charge is 0.472 e. The highest BCUT2D eigenvalue weighted by Gasteiger charge is 2.08. The van der Waals surface area contributed by atoms with Crippen LogP contribution in [-0.2, 0) is 4.79 Å². The van der Waals surface area contributed by atoms with Gasteiger partial charge in [0.1, 0.15) is 0 Å². The van der Waals surface area contributed by atoms with Crippen LogP contribution in [0.1, 0.15) is 17.2 Å². The van der Waals surface area contributed by atoms with Crippen molar-refractivity contribution in [2.45, 2.75) is 11.0 Å². The van der Waals surface area contributed by atoms with E-state index in [4.69, 9.17) is 4.42 Å². The van der Waals surface area contributed by atoms with E-state index < -0.39 is 6.10 Å². The number of aliphatic hydroxyl groups is 1. The zero-order valence-electron chi connectivity index (χ0n) is 11.7. The minimum Gasteiger partial charge on any atom is -0.472 e. The maximum absolute atomic E-state index is 11.6. The van der Waals surface area contributed by atoms with E-state index in [0.29, 0.717) is 0 Å². The van der Waals surface area contributed by atoms with E-state index >= 15 is 0 Å². The van der Waals surface area contributed by atoms with E-state index in [1.165, 1.54) is 6.08 Å². The summed E-state index contributed by atoms with van der Waals surface area (Å²) < 4.78 is 4.90. The van der Waals surface area contributed by atoms with Gasteiger partial charge in [0.05, 0.1) is 18.6 Å². The lowest BCUT2D eigenvalue weighted by Crippen LogP contribution is -2.26. The standard InChI is InChI=1S/C16H17NO3S/c1-21-14-5-3-13(4-6-14)15(18)10-17-16(19)7-2-12-8-9-20-11-12/h2-9,11,15,18H,10H2,1H3,(H,17,19)/b7-2+. The molecule has 0 radical (unpaired) electrons. The van der Waals surface area contributed by atoms with Crippen molar-refractivity contribution in [1.29, 1.82) is 0 Å². The lowest BCUT2D eigenvalue weighted by Gasteiger charge is -2.11. The fourth-order valence-corrected chi connectivity index (χ4v) is 2.15. The zero-order chi connectivity index (χ0) is 15.1. The molecule has 1 aromatic heterocycles. The number of thioether (sulfide) groups is 1. The summed E-state index contributed by atoms with van der Waals surface area (Å²) in [5, 5.41) is 12.7. The Labute approximate surface area is 127 Å². The molecule has 0 fully saturated rings. The van der Waals surface area contributed by atoms with Gasteiger partial charge in [0.15, 0.2) is 0 Å². The van der Waals surface area contributed by atoms with E-state index in [2.05, 4.69) is 5.32 Å². The minimum atomic E-state index is -0.716. The first-order valence-electron chi connectivity index (χ1n) is 6.49. The first kappa shape index (κ1) is 15.4. The summed E-state index contributed by atoms with van der Waals surface area (Å²) in [6.07, 6.45) is 7.43. The summed E-state index contributed by atoms with van der Waals surface area (Å²) in [7, 11) is 0. The topological polar surface area (TPSA) is 62.5 Å². The number of furan rings is 1. The Hall–Kier alpha value is -1.98. The number of carbonyl (C=O) groups excluding carboxylic acids is 1. The van der Waals surface area contributed by atoms with Crippen molar-refractivity contribution < 1.29 is 14.3 Å². The highest BCUT2D eigenvalue weighted by atomic mass is 32.2. The molecule has 1 aromatic carbocycles. The Balaban J connectivity index is 1.82. The van der Waals surface area contributed by atoms with E-state index in [1.54, 1.807) is 36.4 Å². The van der Waals surface area contributed by atoms with Gasteiger partial charge in [-0.2, -0.15) is 0 Å². The molecule has 0 saturated heterocycles. The average molecular weight is 303 g/mol. The van der Waals surface area contributed by atoms with Crippen molar-refractivity contribution in [2.75, 3.05) is 12.8 Å². The zero-order valence-corrected chi connectivity index (χ0v) is 12.5. The number of benzene rings is 1. The molecular weight excluding hydrogens is 286 g/mol. The van der Waals surface area contributed by atoms with Crippen molar-refractivity contribution in [2.24, 2.45) is 0 Å². The van der Waals surface area contributed by atoms with Crippen molar-refractivity contribution in [3.8, 4) is 0 Å². The maximum Gasteiger partial charge on any atom is 0.244 e. The van der Waals surface area contributed by atoms with E-state index in [9.17, 15) is 9.90 Å². The molecule has 4 nitrogen and oxygen atoms in total. The highest BCUT2D eigenvalue weighted by Crippen LogP contribution is 2.18. The molecule has 0 bridgehead atoms. The SMILES string of the molecule is CSc1ccc(C(O)CNC(=O)/C=C/c2ccoc2)cc1. The average Bonchev–Trinajstić information content (AvgIpc) is 3.04. The molecule has 0 aliphatic heterocycles. The molecule has 2 aromatic rings. The number of hydrogen-bond acceptors (Lipinski definition) is 4. The third kappa shape index (κ3) is 4.81. The molecule has 1 unspecified atom stereocenters. The lowest BCUT2D eigenvalue weighted by molar-refractivity contribution is -0.116. The number of rotatable bonds is 6. The summed E-state index contributed by atoms with van der Waals surface area (Å²) >= 11 is 1.64. The molecular formula is C16H17NO3S. The maximum atomic E-state index is 11.6. The summed E-state index contributed by atoms with van der Waals surface area (Å²) in [6.45, 7) is 0.174. The highest BCUT2D eigenvalue weighted by molar-refractivity contribution is 7.98. The minimum absolute atomic E-state index is 0.174. The van der Waals surface area contributed by atoms with Crippen molar-refractivity contribution in [1.82, 2.24) is 5.32 Å². The van der Waals surface area contributed by atoms with E-state index in [1.807, 2.05) is 30.5 Å². The van der Waals surface area contributed by atoms with Crippen LogP contribution < -0.4 is 5.32 Å². The van der Waals surface area contributed by atoms with Gasteiger partial charge in [0.25, 0.3) is 0 Å². The fourth-order valence-electron chi connectivity index (χ4n) is 1.74. The first-order valence-corrected chi connectivity index (χ1v) is 7.71. The molecule has 0 aliphatic rings. The second-order valence-electron chi connectivity index (χ2n) is 4.42. The quantitative estimate of drug-likeness (QED) is 0.636. The normalized spacial score (nSPS) is 12.5. The van der Waals surface area contributed by atoms with Gasteiger partial charge in [-0.3, -0.25) is 4.79 Å². The van der Waals surface area contributed by atoms with Gasteiger partial charge in [-0.1, -0.05) is 12.1 Å². The molecule has 110 valence electrons. The van der Waals surface area contributed by atoms with Gasteiger partial charge in [-0.15, -0.1) is 11.8 Å². The van der Waals surface area contributed by atoms with E-state index in [0.717, 1.165) is 16.0 Å². The second-order valence-corrected chi connectivity index (χ2v) is 5.30. The Morgan fingerprint density at radius 3 is 2.76 bits per heavy atom. The number of hydrogen-bond donors (Lipinski definition) is 2. The van der Waals surface area contributed by atoms with Crippen LogP contribution in [0.4, 0.5) is 0 Å². The smallest absolute Gasteiger partial charge is 0.244 e. The Morgan fingerprint density at radius 2 is 2.14 bits per heavy atom. The predicted octanol–water partition coefficient (Wildman–Crippen LogP) is 2.86. The van der Waals surface area contributed by atoms with E-state index in [-0.39, 0.29) is 12.5 Å². The van der Waals surface area contributed by atoms with Crippen LogP contribution in [0.25, 0.3) is 6.08 Å². The summed E-state index contributed by atoms with van der Waals surface area (Å²) in [6, 6.07) is 9.38. The van der Waals surface area contributed by atoms with Gasteiger partial charge in [0, 0.05) is 23.1 Å². The third-order valence-electron chi connectivity index (χ3n) is 2.94. The summed E-state index contributed by atoms with van der Waals surface area (Å²) in [5.74, 6) is -0.254. The molecule has 0 aliphatic carbocycles. The summed E-state index contributed by atoms with van der Waals surface area (Å²) in [5.41, 5.74) is 1.60. The number of nitrogens with one attached hydrogen (secondary N) is 1. The van der Waals surface area contributed by atoms with Gasteiger partial charge < -0.3 is 14.8 Å². The molecule has 0 saturated carbocycles. The number of carbonyl (C=O) groups is 1. The molecule has 5 heteroatoms. The van der Waals surface area contributed by atoms with Crippen LogP contribution in [0.2, 0.25) is 0 Å². The van der Waals surface area contributed by atoms with Crippen LogP contribution in [0, 0.1) is 0 Å². The van der Waals surface area contributed by atoms with Crippen LogP contribution >= 0.6 is 11.8 Å². The monoisotopic (exact) mass is 303 g/mol. The van der Waals surface area contributed by atoms with Crippen molar-refractivity contribution >= 4 is 23.7 Å². The van der Waals surface area contributed by atoms with Crippen LogP contribution in [0.3, 0.4) is 0 Å². The van der Waals surface area contributed by atoms with Gasteiger partial charge in [0.2, 0.25) is 5.91 Å². The van der Waals surface area contributed by atoms with Gasteiger partial charge >= 0.3 is 0 Å². The predicted molar refractivity (Wildman–Crippen MR) is 83.9 cm³/mol. The van der Waals surface area contributed by atoms with Gasteiger partial charge in [-0.25, -0.2) is 0 Å². The molecule has 2 N–H and O–H groups in total. The molecule has 0 spiro atoms. The van der Waals surface area contributed by atoms with Crippen molar-refractivity contribution in [3.05, 3.63) is 60.1 Å². The third-order valence-corrected chi connectivity index (χ3v) is 3.68. The Morgan fingerprint density at radius 1 is 1.38 bits per heavy atom. The molecule has 1 atom stereocenters. The Kier molecular flexibility index (Phi) is 5.66.